The summed E-state index contributed by atoms with van der Waals surface area (Å²) >= 11 is 2.92. The summed E-state index contributed by atoms with van der Waals surface area (Å²) in [6.07, 6.45) is 0.812. The SMILES string of the molecule is Cc1ccc(S(=O)(=O)O)cc1.N=C(NO)NN=Cc1c([N+](=O)[O-])ccc(Br)c1[N+](=O)[O-]. The summed E-state index contributed by atoms with van der Waals surface area (Å²) in [6, 6.07) is 8.24. The van der Waals surface area contributed by atoms with Gasteiger partial charge in [0.1, 0.15) is 0 Å². The first kappa shape index (κ1) is 25.6. The van der Waals surface area contributed by atoms with Gasteiger partial charge in [-0.25, -0.2) is 10.9 Å². The van der Waals surface area contributed by atoms with E-state index in [1.54, 1.807) is 12.1 Å². The molecule has 0 amide bonds. The number of nitro benzene ring substituents is 2. The van der Waals surface area contributed by atoms with Crippen molar-refractivity contribution >= 4 is 49.6 Å². The molecule has 16 heteroatoms. The minimum Gasteiger partial charge on any atom is -0.288 e. The molecule has 0 atom stereocenters. The monoisotopic (exact) mass is 518 g/mol. The first-order valence-electron chi connectivity index (χ1n) is 7.81. The van der Waals surface area contributed by atoms with E-state index in [0.29, 0.717) is 0 Å². The van der Waals surface area contributed by atoms with Gasteiger partial charge >= 0.3 is 0 Å². The molecule has 2 aromatic carbocycles. The lowest BCUT2D eigenvalue weighted by atomic mass is 10.1. The van der Waals surface area contributed by atoms with Crippen molar-refractivity contribution in [1.82, 2.24) is 10.9 Å². The standard InChI is InChI=1S/C8H7BrN6O5.C7H8O3S/c9-5-1-2-6(14(17)18)4(7(5)15(19)20)3-11-12-8(10)13-16;1-6-2-4-7(5-3-6)11(8,9)10/h1-3,16H,(H3,10,12,13);2-5H,1H3,(H,8,9,10). The summed E-state index contributed by atoms with van der Waals surface area (Å²) in [5.41, 5.74) is 2.93. The van der Waals surface area contributed by atoms with E-state index in [1.165, 1.54) is 23.7 Å². The van der Waals surface area contributed by atoms with Gasteiger partial charge in [-0.3, -0.25) is 35.4 Å². The van der Waals surface area contributed by atoms with E-state index in [0.717, 1.165) is 17.8 Å². The van der Waals surface area contributed by atoms with Crippen molar-refractivity contribution in [1.29, 1.82) is 5.41 Å². The van der Waals surface area contributed by atoms with Crippen molar-refractivity contribution in [2.24, 2.45) is 5.10 Å². The van der Waals surface area contributed by atoms with E-state index >= 15 is 0 Å². The van der Waals surface area contributed by atoms with Gasteiger partial charge in [0.2, 0.25) is 5.96 Å². The summed E-state index contributed by atoms with van der Waals surface area (Å²) in [4.78, 5) is 20.1. The molecule has 14 nitrogen and oxygen atoms in total. The third-order valence-electron chi connectivity index (χ3n) is 3.32. The second-order valence-electron chi connectivity index (χ2n) is 5.49. The predicted molar refractivity (Wildman–Crippen MR) is 112 cm³/mol. The summed E-state index contributed by atoms with van der Waals surface area (Å²) in [5, 5.41) is 40.5. The molecule has 0 radical (unpaired) electrons. The predicted octanol–water partition coefficient (Wildman–Crippen LogP) is 2.34. The molecule has 0 spiro atoms. The van der Waals surface area contributed by atoms with E-state index < -0.39 is 37.3 Å². The van der Waals surface area contributed by atoms with Crippen LogP contribution in [0.3, 0.4) is 0 Å². The molecular formula is C15H15BrN6O8S. The van der Waals surface area contributed by atoms with E-state index in [-0.39, 0.29) is 14.9 Å². The van der Waals surface area contributed by atoms with Crippen LogP contribution < -0.4 is 10.9 Å². The number of hydrazone groups is 1. The van der Waals surface area contributed by atoms with Gasteiger partial charge < -0.3 is 0 Å². The number of rotatable bonds is 5. The average Bonchev–Trinajstić information content (AvgIpc) is 2.67. The Morgan fingerprint density at radius 2 is 1.74 bits per heavy atom. The molecule has 0 aliphatic heterocycles. The van der Waals surface area contributed by atoms with Gasteiger partial charge in [0.15, 0.2) is 5.56 Å². The first-order valence-corrected chi connectivity index (χ1v) is 10.0. The minimum absolute atomic E-state index is 0.0462. The highest BCUT2D eigenvalue weighted by atomic mass is 79.9. The van der Waals surface area contributed by atoms with Crippen molar-refractivity contribution < 1.29 is 28.0 Å². The van der Waals surface area contributed by atoms with Gasteiger partial charge in [0.05, 0.1) is 25.4 Å². The summed E-state index contributed by atoms with van der Waals surface area (Å²) in [6.45, 7) is 1.84. The van der Waals surface area contributed by atoms with Crippen LogP contribution >= 0.6 is 15.9 Å². The summed E-state index contributed by atoms with van der Waals surface area (Å²) in [7, 11) is -4.02. The molecule has 31 heavy (non-hydrogen) atoms. The zero-order chi connectivity index (χ0) is 23.8. The van der Waals surface area contributed by atoms with Gasteiger partial charge in [0, 0.05) is 6.07 Å². The highest BCUT2D eigenvalue weighted by Crippen LogP contribution is 2.33. The fourth-order valence-corrected chi connectivity index (χ4v) is 2.91. The normalized spacial score (nSPS) is 10.7. The Bertz CT molecular complexity index is 1120. The zero-order valence-electron chi connectivity index (χ0n) is 15.5. The van der Waals surface area contributed by atoms with Crippen LogP contribution in [0.4, 0.5) is 11.4 Å². The largest absolute Gasteiger partial charge is 0.299 e. The second-order valence-corrected chi connectivity index (χ2v) is 7.76. The number of nitrogens with one attached hydrogen (secondary N) is 3. The Balaban J connectivity index is 0.000000367. The van der Waals surface area contributed by atoms with E-state index in [1.807, 2.05) is 12.3 Å². The molecular weight excluding hydrogens is 504 g/mol. The van der Waals surface area contributed by atoms with Crippen LogP contribution in [-0.4, -0.2) is 40.2 Å². The Morgan fingerprint density at radius 1 is 1.16 bits per heavy atom. The quantitative estimate of drug-likeness (QED) is 0.127. The topological polar surface area (TPSA) is 221 Å². The molecule has 0 aliphatic carbocycles. The third kappa shape index (κ3) is 7.70. The molecule has 0 saturated heterocycles. The lowest BCUT2D eigenvalue weighted by molar-refractivity contribution is -0.394. The Kier molecular flexibility index (Phi) is 9.13. The van der Waals surface area contributed by atoms with Crippen molar-refractivity contribution in [2.45, 2.75) is 11.8 Å². The number of guanidine groups is 1. The van der Waals surface area contributed by atoms with E-state index in [4.69, 9.17) is 15.2 Å². The summed E-state index contributed by atoms with van der Waals surface area (Å²) in [5.74, 6) is -0.610. The molecule has 0 bridgehead atoms. The maximum atomic E-state index is 10.9. The van der Waals surface area contributed by atoms with Gasteiger partial charge in [-0.1, -0.05) is 17.7 Å². The number of hydrogen-bond donors (Lipinski definition) is 5. The molecule has 2 rings (SSSR count). The number of nitrogens with zero attached hydrogens (tertiary/aromatic N) is 3. The highest BCUT2D eigenvalue weighted by molar-refractivity contribution is 9.10. The lowest BCUT2D eigenvalue weighted by Crippen LogP contribution is -2.30. The molecule has 0 heterocycles. The number of hydrogen-bond acceptors (Lipinski definition) is 9. The van der Waals surface area contributed by atoms with Crippen molar-refractivity contribution in [2.75, 3.05) is 0 Å². The molecule has 0 aliphatic rings. The van der Waals surface area contributed by atoms with Crippen LogP contribution in [0.2, 0.25) is 0 Å². The molecule has 5 N–H and O–H groups in total. The van der Waals surface area contributed by atoms with E-state index in [9.17, 15) is 28.6 Å². The van der Waals surface area contributed by atoms with Crippen molar-refractivity contribution in [3.05, 3.63) is 72.2 Å². The smallest absolute Gasteiger partial charge is 0.288 e. The number of aryl methyl sites for hydroxylation is 1. The maximum absolute atomic E-state index is 10.9. The fraction of sp³-hybridized carbons (Fsp3) is 0.0667. The van der Waals surface area contributed by atoms with Crippen LogP contribution in [0.25, 0.3) is 0 Å². The van der Waals surface area contributed by atoms with Crippen LogP contribution in [0.5, 0.6) is 0 Å². The molecule has 0 fully saturated rings. The Labute approximate surface area is 183 Å². The number of halogens is 1. The van der Waals surface area contributed by atoms with Gasteiger partial charge in [-0.2, -0.15) is 13.5 Å². The average molecular weight is 519 g/mol. The van der Waals surface area contributed by atoms with Gasteiger partial charge in [-0.05, 0) is 41.1 Å². The molecule has 0 unspecified atom stereocenters. The van der Waals surface area contributed by atoms with Crippen LogP contribution in [0.1, 0.15) is 11.1 Å². The van der Waals surface area contributed by atoms with Crippen LogP contribution in [0.15, 0.2) is 50.9 Å². The van der Waals surface area contributed by atoms with Gasteiger partial charge in [0.25, 0.3) is 21.5 Å². The fourth-order valence-electron chi connectivity index (χ4n) is 1.94. The Hall–Kier alpha value is -3.47. The molecule has 0 aromatic heterocycles. The molecule has 0 saturated carbocycles. The number of hydroxylamine groups is 1. The number of benzene rings is 2. The Morgan fingerprint density at radius 3 is 2.19 bits per heavy atom. The van der Waals surface area contributed by atoms with E-state index in [2.05, 4.69) is 21.0 Å². The first-order chi connectivity index (χ1) is 14.4. The summed E-state index contributed by atoms with van der Waals surface area (Å²) < 4.78 is 29.6. The number of nitro groups is 2. The zero-order valence-corrected chi connectivity index (χ0v) is 17.9. The minimum atomic E-state index is -4.02. The highest BCUT2D eigenvalue weighted by Gasteiger charge is 2.26. The van der Waals surface area contributed by atoms with Crippen molar-refractivity contribution in [3.8, 4) is 0 Å². The maximum Gasteiger partial charge on any atom is 0.299 e. The van der Waals surface area contributed by atoms with Crippen molar-refractivity contribution in [3.63, 3.8) is 0 Å². The van der Waals surface area contributed by atoms with Gasteiger partial charge in [-0.15, -0.1) is 0 Å². The molecule has 2 aromatic rings. The lowest BCUT2D eigenvalue weighted by Gasteiger charge is -2.02. The van der Waals surface area contributed by atoms with Crippen LogP contribution in [-0.2, 0) is 10.1 Å². The second kappa shape index (κ2) is 11.1. The molecule has 166 valence electrons. The van der Waals surface area contributed by atoms with Crippen LogP contribution in [0, 0.1) is 32.6 Å². The third-order valence-corrected chi connectivity index (χ3v) is 4.83.